The Bertz CT molecular complexity index is 1180. The zero-order chi connectivity index (χ0) is 29.7. The molecule has 2 unspecified atom stereocenters. The number of nitrogens with zero attached hydrogens (tertiary/aromatic N) is 4. The lowest BCUT2D eigenvalue weighted by Gasteiger charge is -2.27. The average Bonchev–Trinajstić information content (AvgIpc) is 3.39. The third kappa shape index (κ3) is 10.2. The lowest BCUT2D eigenvalue weighted by atomic mass is 10.1. The highest BCUT2D eigenvalue weighted by atomic mass is 32.1. The molecule has 1 heterocycles. The number of hydrogen-bond donors (Lipinski definition) is 6. The molecule has 1 amide bonds. The zero-order valence-electron chi connectivity index (χ0n) is 21.4. The van der Waals surface area contributed by atoms with Crippen LogP contribution in [-0.2, 0) is 20.8 Å². The minimum absolute atomic E-state index is 0.0731. The van der Waals surface area contributed by atoms with Crippen molar-refractivity contribution in [2.24, 2.45) is 0 Å². The predicted molar refractivity (Wildman–Crippen MR) is 141 cm³/mol. The predicted octanol–water partition coefficient (Wildman–Crippen LogP) is 1.41. The van der Waals surface area contributed by atoms with E-state index in [-0.39, 0.29) is 36.8 Å². The first-order valence-electron chi connectivity index (χ1n) is 12.3. The number of unbranched alkanes of at least 4 members (excludes halogenated alkanes) is 1. The summed E-state index contributed by atoms with van der Waals surface area (Å²) in [5, 5.41) is 50.3. The fraction of sp³-hybridized carbons (Fsp3) is 0.458. The summed E-state index contributed by atoms with van der Waals surface area (Å²) < 4.78 is 13.8. The fourth-order valence-electron chi connectivity index (χ4n) is 3.55. The van der Waals surface area contributed by atoms with Crippen molar-refractivity contribution in [1.29, 1.82) is 0 Å². The van der Waals surface area contributed by atoms with E-state index in [2.05, 4.69) is 20.9 Å². The Morgan fingerprint density at radius 3 is 2.33 bits per heavy atom. The molecule has 16 heteroatoms. The number of rotatable bonds is 17. The maximum atomic E-state index is 12.4. The van der Waals surface area contributed by atoms with E-state index in [1.54, 1.807) is 30.5 Å². The van der Waals surface area contributed by atoms with Crippen molar-refractivity contribution in [3.63, 3.8) is 0 Å². The van der Waals surface area contributed by atoms with Crippen LogP contribution in [-0.4, -0.2) is 94.8 Å². The number of carboxylic acid groups (broad SMARTS) is 3. The first kappa shape index (κ1) is 32.0. The van der Waals surface area contributed by atoms with E-state index < -0.39 is 48.2 Å². The van der Waals surface area contributed by atoms with Crippen molar-refractivity contribution in [2.75, 3.05) is 13.2 Å². The van der Waals surface area contributed by atoms with Crippen molar-refractivity contribution < 1.29 is 44.1 Å². The lowest BCUT2D eigenvalue weighted by molar-refractivity contribution is -0.154. The molecule has 0 aliphatic rings. The van der Waals surface area contributed by atoms with Gasteiger partial charge in [-0.15, -0.1) is 5.10 Å². The van der Waals surface area contributed by atoms with E-state index in [1.165, 1.54) is 4.68 Å². The van der Waals surface area contributed by atoms with Crippen molar-refractivity contribution in [1.82, 2.24) is 30.7 Å². The number of thiocarbonyl (C=S) groups is 1. The maximum absolute atomic E-state index is 12.4. The molecule has 0 saturated carbocycles. The number of hydrogen-bond acceptors (Lipinski definition) is 8. The number of benzene rings is 1. The van der Waals surface area contributed by atoms with E-state index in [9.17, 15) is 39.0 Å². The standard InChI is InChI=1S/C24H31FN6O8S/c25-12-3-4-16-14-30(29-28-16)17-8-6-15(7-9-17)21(34)26-13-2-1-5-19(23(37)38)31(39)24(40)27-18(22(35)36)10-11-20(32)33/h6-9,14,18-19,39H,1-5,10-13H2,(H,26,34)(H,27,40)(H,32,33)(H,35,36)(H,37,38). The number of halogens is 1. The number of nitrogens with one attached hydrogen (secondary N) is 2. The van der Waals surface area contributed by atoms with E-state index >= 15 is 0 Å². The van der Waals surface area contributed by atoms with Gasteiger partial charge in [0.25, 0.3) is 5.91 Å². The molecular weight excluding hydrogens is 551 g/mol. The molecule has 14 nitrogen and oxygen atoms in total. The lowest BCUT2D eigenvalue weighted by Crippen LogP contribution is -2.52. The molecular formula is C24H31FN6O8S. The third-order valence-electron chi connectivity index (χ3n) is 5.72. The van der Waals surface area contributed by atoms with Crippen LogP contribution in [0.3, 0.4) is 0 Å². The summed E-state index contributed by atoms with van der Waals surface area (Å²) in [4.78, 5) is 46.1. The van der Waals surface area contributed by atoms with Crippen LogP contribution < -0.4 is 10.6 Å². The Balaban J connectivity index is 1.80. The Kier molecular flexibility index (Phi) is 12.9. The second kappa shape index (κ2) is 16.0. The summed E-state index contributed by atoms with van der Waals surface area (Å²) in [5.41, 5.74) is 1.72. The number of carbonyl (C=O) groups is 4. The van der Waals surface area contributed by atoms with Crippen molar-refractivity contribution in [3.8, 4) is 5.69 Å². The number of hydroxylamine groups is 2. The number of amides is 1. The normalized spacial score (nSPS) is 12.2. The number of alkyl halides is 1. The molecule has 1 aromatic carbocycles. The van der Waals surface area contributed by atoms with Crippen LogP contribution >= 0.6 is 12.2 Å². The summed E-state index contributed by atoms with van der Waals surface area (Å²) in [7, 11) is 0. The highest BCUT2D eigenvalue weighted by Crippen LogP contribution is 2.12. The third-order valence-corrected chi connectivity index (χ3v) is 6.03. The number of aliphatic carboxylic acids is 3. The van der Waals surface area contributed by atoms with Gasteiger partial charge in [-0.3, -0.25) is 19.2 Å². The van der Waals surface area contributed by atoms with Gasteiger partial charge in [-0.2, -0.15) is 0 Å². The molecule has 1 aromatic heterocycles. The average molecular weight is 583 g/mol. The summed E-state index contributed by atoms with van der Waals surface area (Å²) >= 11 is 4.91. The summed E-state index contributed by atoms with van der Waals surface area (Å²) in [6.07, 6.45) is 2.30. The minimum Gasteiger partial charge on any atom is -0.481 e. The Hall–Kier alpha value is -4.18. The molecule has 0 aliphatic heterocycles. The van der Waals surface area contributed by atoms with Crippen LogP contribution in [0.15, 0.2) is 30.5 Å². The van der Waals surface area contributed by atoms with Gasteiger partial charge in [0, 0.05) is 18.5 Å². The summed E-state index contributed by atoms with van der Waals surface area (Å²) in [5.74, 6) is -4.39. The van der Waals surface area contributed by atoms with Crippen LogP contribution in [0.2, 0.25) is 0 Å². The largest absolute Gasteiger partial charge is 0.481 e. The number of carboxylic acids is 3. The molecule has 2 rings (SSSR count). The highest BCUT2D eigenvalue weighted by Gasteiger charge is 2.29. The van der Waals surface area contributed by atoms with Gasteiger partial charge < -0.3 is 26.0 Å². The topological polar surface area (TPSA) is 207 Å². The van der Waals surface area contributed by atoms with E-state index in [0.29, 0.717) is 36.2 Å². The van der Waals surface area contributed by atoms with Crippen LogP contribution in [0.1, 0.15) is 54.6 Å². The van der Waals surface area contributed by atoms with Crippen LogP contribution in [0.4, 0.5) is 4.39 Å². The molecule has 0 bridgehead atoms. The van der Waals surface area contributed by atoms with Crippen LogP contribution in [0.5, 0.6) is 0 Å². The molecule has 40 heavy (non-hydrogen) atoms. The SMILES string of the molecule is O=C(O)CCC(NC(=S)N(O)C(CCCCNC(=O)c1ccc(-n2cc(CCCF)nn2)cc1)C(=O)O)C(=O)O. The Morgan fingerprint density at radius 1 is 1.02 bits per heavy atom. The van der Waals surface area contributed by atoms with Gasteiger partial charge in [0.15, 0.2) is 11.2 Å². The monoisotopic (exact) mass is 582 g/mol. The summed E-state index contributed by atoms with van der Waals surface area (Å²) in [6.45, 7) is -0.215. The number of aryl methyl sites for hydroxylation is 1. The Morgan fingerprint density at radius 2 is 1.73 bits per heavy atom. The quantitative estimate of drug-likeness (QED) is 0.0887. The van der Waals surface area contributed by atoms with Crippen molar-refractivity contribution >= 4 is 41.1 Å². The first-order chi connectivity index (χ1) is 19.0. The second-order valence-electron chi connectivity index (χ2n) is 8.72. The molecule has 0 radical (unpaired) electrons. The minimum atomic E-state index is -1.49. The zero-order valence-corrected chi connectivity index (χ0v) is 22.2. The molecule has 0 fully saturated rings. The van der Waals surface area contributed by atoms with Crippen LogP contribution in [0, 0.1) is 0 Å². The molecule has 2 aromatic rings. The first-order valence-corrected chi connectivity index (χ1v) is 12.8. The van der Waals surface area contributed by atoms with E-state index in [1.807, 2.05) is 0 Å². The molecule has 0 aliphatic carbocycles. The number of carbonyl (C=O) groups excluding carboxylic acids is 1. The van der Waals surface area contributed by atoms with Gasteiger partial charge >= 0.3 is 17.9 Å². The van der Waals surface area contributed by atoms with Gasteiger partial charge in [-0.1, -0.05) is 5.21 Å². The highest BCUT2D eigenvalue weighted by molar-refractivity contribution is 7.80. The molecule has 0 spiro atoms. The number of aromatic nitrogens is 3. The van der Waals surface area contributed by atoms with Gasteiger partial charge in [0.1, 0.15) is 6.04 Å². The van der Waals surface area contributed by atoms with Crippen LogP contribution in [0.25, 0.3) is 5.69 Å². The summed E-state index contributed by atoms with van der Waals surface area (Å²) in [6, 6.07) is 3.65. The van der Waals surface area contributed by atoms with E-state index in [4.69, 9.17) is 17.3 Å². The molecule has 0 saturated heterocycles. The Labute approximate surface area is 233 Å². The van der Waals surface area contributed by atoms with Crippen molar-refractivity contribution in [3.05, 3.63) is 41.7 Å². The van der Waals surface area contributed by atoms with Crippen molar-refractivity contribution in [2.45, 2.75) is 57.0 Å². The fourth-order valence-corrected chi connectivity index (χ4v) is 3.82. The van der Waals surface area contributed by atoms with E-state index in [0.717, 1.165) is 0 Å². The maximum Gasteiger partial charge on any atom is 0.329 e. The van der Waals surface area contributed by atoms with Gasteiger partial charge in [0.2, 0.25) is 0 Å². The van der Waals surface area contributed by atoms with Gasteiger partial charge in [-0.25, -0.2) is 19.3 Å². The molecule has 218 valence electrons. The van der Waals surface area contributed by atoms with Gasteiger partial charge in [0.05, 0.1) is 24.3 Å². The molecule has 2 atom stereocenters. The molecule has 6 N–H and O–H groups in total. The second-order valence-corrected chi connectivity index (χ2v) is 9.10. The van der Waals surface area contributed by atoms with Gasteiger partial charge in [-0.05, 0) is 75.0 Å². The smallest absolute Gasteiger partial charge is 0.329 e.